The smallest absolute Gasteiger partial charge is 0.128 e. The summed E-state index contributed by atoms with van der Waals surface area (Å²) >= 11 is 1.95. The molecule has 0 fully saturated rings. The quantitative estimate of drug-likeness (QED) is 0.748. The number of pyridine rings is 1. The molecule has 0 aromatic carbocycles. The zero-order valence-corrected chi connectivity index (χ0v) is 11.1. The summed E-state index contributed by atoms with van der Waals surface area (Å²) in [7, 11) is 1.97. The van der Waals surface area contributed by atoms with Crippen molar-refractivity contribution in [3.05, 3.63) is 23.4 Å². The number of nitrogens with zero attached hydrogens (tertiary/aromatic N) is 1. The second-order valence-corrected chi connectivity index (χ2v) is 5.05. The maximum Gasteiger partial charge on any atom is 0.128 e. The monoisotopic (exact) mass is 239 g/mol. The van der Waals surface area contributed by atoms with Crippen LogP contribution in [0.3, 0.4) is 0 Å². The minimum atomic E-state index is 0.295. The fourth-order valence-corrected chi connectivity index (χ4v) is 2.59. The largest absolute Gasteiger partial charge is 0.383 e. The first-order valence-electron chi connectivity index (χ1n) is 5.66. The van der Waals surface area contributed by atoms with Gasteiger partial charge in [0, 0.05) is 23.6 Å². The Hall–Kier alpha value is -0.740. The summed E-state index contributed by atoms with van der Waals surface area (Å²) in [5, 5.41) is 3.30. The minimum absolute atomic E-state index is 0.295. The molecule has 0 radical (unpaired) electrons. The summed E-state index contributed by atoms with van der Waals surface area (Å²) in [6, 6.07) is 2.42. The Kier molecular flexibility index (Phi) is 5.63. The first-order valence-corrected chi connectivity index (χ1v) is 6.81. The molecule has 0 aliphatic rings. The highest BCUT2D eigenvalue weighted by Crippen LogP contribution is 2.23. The van der Waals surface area contributed by atoms with Crippen LogP contribution in [0.25, 0.3) is 0 Å². The number of aromatic nitrogens is 1. The Labute approximate surface area is 102 Å². The van der Waals surface area contributed by atoms with E-state index in [-0.39, 0.29) is 0 Å². The van der Waals surface area contributed by atoms with E-state index >= 15 is 0 Å². The van der Waals surface area contributed by atoms with E-state index < -0.39 is 0 Å². The zero-order chi connectivity index (χ0) is 12.0. The van der Waals surface area contributed by atoms with E-state index in [0.717, 1.165) is 16.9 Å². The molecule has 1 aromatic rings. The molecule has 16 heavy (non-hydrogen) atoms. The van der Waals surface area contributed by atoms with Crippen molar-refractivity contribution >= 4 is 17.6 Å². The van der Waals surface area contributed by atoms with Gasteiger partial charge in [-0.05, 0) is 37.8 Å². The van der Waals surface area contributed by atoms with E-state index in [0.29, 0.717) is 11.9 Å². The summed E-state index contributed by atoms with van der Waals surface area (Å²) < 4.78 is 0. The lowest BCUT2D eigenvalue weighted by molar-refractivity contribution is 0.660. The molecular weight excluding hydrogens is 218 g/mol. The van der Waals surface area contributed by atoms with E-state index in [2.05, 4.69) is 23.3 Å². The molecule has 1 unspecified atom stereocenters. The maximum absolute atomic E-state index is 5.91. The van der Waals surface area contributed by atoms with Gasteiger partial charge in [0.1, 0.15) is 5.82 Å². The van der Waals surface area contributed by atoms with Gasteiger partial charge in [-0.15, -0.1) is 0 Å². The number of anilines is 1. The molecule has 4 heteroatoms. The number of nitrogens with one attached hydrogen (secondary N) is 1. The summed E-state index contributed by atoms with van der Waals surface area (Å²) in [5.74, 6) is 2.87. The molecule has 1 aromatic heterocycles. The van der Waals surface area contributed by atoms with Crippen LogP contribution in [0.15, 0.2) is 12.3 Å². The number of nitrogen functional groups attached to an aromatic ring is 1. The van der Waals surface area contributed by atoms with Crippen LogP contribution in [-0.4, -0.2) is 23.5 Å². The molecule has 3 nitrogen and oxygen atoms in total. The van der Waals surface area contributed by atoms with Crippen molar-refractivity contribution in [3.63, 3.8) is 0 Å². The zero-order valence-electron chi connectivity index (χ0n) is 10.3. The standard InChI is InChI=1S/C12H21N3S/c1-4-5-16-8-11(14-3)10-6-9(2)7-15-12(10)13/h6-7,11,14H,4-5,8H2,1-3H3,(H2,13,15). The van der Waals surface area contributed by atoms with Crippen LogP contribution in [0.2, 0.25) is 0 Å². The van der Waals surface area contributed by atoms with Crippen LogP contribution in [0.5, 0.6) is 0 Å². The van der Waals surface area contributed by atoms with Gasteiger partial charge in [-0.3, -0.25) is 0 Å². The number of hydrogen-bond donors (Lipinski definition) is 2. The van der Waals surface area contributed by atoms with Crippen LogP contribution < -0.4 is 11.1 Å². The van der Waals surface area contributed by atoms with Crippen LogP contribution in [0, 0.1) is 6.92 Å². The Morgan fingerprint density at radius 2 is 2.31 bits per heavy atom. The van der Waals surface area contributed by atoms with Crippen LogP contribution in [-0.2, 0) is 0 Å². The van der Waals surface area contributed by atoms with Crippen molar-refractivity contribution in [3.8, 4) is 0 Å². The molecule has 0 amide bonds. The number of nitrogens with two attached hydrogens (primary N) is 1. The molecule has 1 rings (SSSR count). The highest BCUT2D eigenvalue weighted by atomic mass is 32.2. The molecule has 0 saturated carbocycles. The van der Waals surface area contributed by atoms with Crippen molar-refractivity contribution in [2.24, 2.45) is 0 Å². The molecule has 0 saturated heterocycles. The molecule has 1 atom stereocenters. The van der Waals surface area contributed by atoms with E-state index in [1.807, 2.05) is 31.9 Å². The molecule has 90 valence electrons. The van der Waals surface area contributed by atoms with Gasteiger partial charge in [0.05, 0.1) is 0 Å². The topological polar surface area (TPSA) is 50.9 Å². The fraction of sp³-hybridized carbons (Fsp3) is 0.583. The average molecular weight is 239 g/mol. The number of rotatable bonds is 6. The van der Waals surface area contributed by atoms with Crippen LogP contribution in [0.4, 0.5) is 5.82 Å². The second-order valence-electron chi connectivity index (χ2n) is 3.90. The summed E-state index contributed by atoms with van der Waals surface area (Å²) in [5.41, 5.74) is 8.18. The number of thioether (sulfide) groups is 1. The van der Waals surface area contributed by atoms with Gasteiger partial charge in [-0.1, -0.05) is 6.92 Å². The summed E-state index contributed by atoms with van der Waals surface area (Å²) in [6.07, 6.45) is 3.02. The van der Waals surface area contributed by atoms with E-state index in [9.17, 15) is 0 Å². The Morgan fingerprint density at radius 1 is 1.56 bits per heavy atom. The second kappa shape index (κ2) is 6.76. The van der Waals surface area contributed by atoms with Crippen molar-refractivity contribution in [2.75, 3.05) is 24.3 Å². The van der Waals surface area contributed by atoms with E-state index in [1.165, 1.54) is 12.2 Å². The number of hydrogen-bond acceptors (Lipinski definition) is 4. The predicted molar refractivity (Wildman–Crippen MR) is 72.8 cm³/mol. The number of aryl methyl sites for hydroxylation is 1. The minimum Gasteiger partial charge on any atom is -0.383 e. The van der Waals surface area contributed by atoms with Crippen molar-refractivity contribution in [2.45, 2.75) is 26.3 Å². The Balaban J connectivity index is 2.73. The van der Waals surface area contributed by atoms with Gasteiger partial charge >= 0.3 is 0 Å². The maximum atomic E-state index is 5.91. The predicted octanol–water partition coefficient (Wildman–Crippen LogP) is 2.38. The molecule has 1 heterocycles. The lowest BCUT2D eigenvalue weighted by Gasteiger charge is -2.18. The third-order valence-corrected chi connectivity index (χ3v) is 3.71. The molecule has 0 bridgehead atoms. The molecular formula is C12H21N3S. The lowest BCUT2D eigenvalue weighted by Crippen LogP contribution is -2.21. The van der Waals surface area contributed by atoms with Crippen molar-refractivity contribution in [1.82, 2.24) is 10.3 Å². The molecule has 3 N–H and O–H groups in total. The van der Waals surface area contributed by atoms with Gasteiger partial charge in [-0.25, -0.2) is 4.98 Å². The summed E-state index contributed by atoms with van der Waals surface area (Å²) in [6.45, 7) is 4.24. The Bertz CT molecular complexity index is 328. The summed E-state index contributed by atoms with van der Waals surface area (Å²) in [4.78, 5) is 4.20. The third-order valence-electron chi connectivity index (χ3n) is 2.44. The first-order chi connectivity index (χ1) is 7.69. The third kappa shape index (κ3) is 3.68. The first kappa shape index (κ1) is 13.3. The van der Waals surface area contributed by atoms with E-state index in [1.54, 1.807) is 0 Å². The fourth-order valence-electron chi connectivity index (χ4n) is 1.56. The van der Waals surface area contributed by atoms with Crippen molar-refractivity contribution in [1.29, 1.82) is 0 Å². The average Bonchev–Trinajstić information content (AvgIpc) is 2.28. The highest BCUT2D eigenvalue weighted by Gasteiger charge is 2.13. The van der Waals surface area contributed by atoms with Crippen molar-refractivity contribution < 1.29 is 0 Å². The van der Waals surface area contributed by atoms with Crippen LogP contribution >= 0.6 is 11.8 Å². The molecule has 0 aliphatic carbocycles. The lowest BCUT2D eigenvalue weighted by atomic mass is 10.1. The van der Waals surface area contributed by atoms with E-state index in [4.69, 9.17) is 5.73 Å². The van der Waals surface area contributed by atoms with Gasteiger partial charge in [0.25, 0.3) is 0 Å². The SMILES string of the molecule is CCCSCC(NC)c1cc(C)cnc1N. The molecule has 0 aliphatic heterocycles. The highest BCUT2D eigenvalue weighted by molar-refractivity contribution is 7.99. The van der Waals surface area contributed by atoms with Gasteiger partial charge in [0.15, 0.2) is 0 Å². The van der Waals surface area contributed by atoms with Gasteiger partial charge in [0.2, 0.25) is 0 Å². The molecule has 0 spiro atoms. The van der Waals surface area contributed by atoms with Gasteiger partial charge in [-0.2, -0.15) is 11.8 Å². The Morgan fingerprint density at radius 3 is 2.94 bits per heavy atom. The van der Waals surface area contributed by atoms with Crippen LogP contribution in [0.1, 0.15) is 30.5 Å². The normalized spacial score (nSPS) is 12.7. The van der Waals surface area contributed by atoms with Gasteiger partial charge < -0.3 is 11.1 Å².